The molecule has 138 valence electrons. The first kappa shape index (κ1) is 19.2. The Labute approximate surface area is 147 Å². The SMILES string of the molecule is CCOC(=O)N1CCN(S(=O)(=O)c2ccc(NC(C)=O)c(C)c2)CC1. The summed E-state index contributed by atoms with van der Waals surface area (Å²) in [5, 5.41) is 2.66. The van der Waals surface area contributed by atoms with E-state index in [2.05, 4.69) is 5.32 Å². The molecule has 1 aliphatic heterocycles. The van der Waals surface area contributed by atoms with Gasteiger partial charge in [-0.15, -0.1) is 0 Å². The van der Waals surface area contributed by atoms with E-state index in [-0.39, 0.29) is 30.5 Å². The highest BCUT2D eigenvalue weighted by Crippen LogP contribution is 2.23. The third-order valence-corrected chi connectivity index (χ3v) is 5.81. The lowest BCUT2D eigenvalue weighted by Crippen LogP contribution is -2.50. The Morgan fingerprint density at radius 2 is 1.84 bits per heavy atom. The van der Waals surface area contributed by atoms with Crippen molar-refractivity contribution in [1.82, 2.24) is 9.21 Å². The number of piperazine rings is 1. The molecule has 1 heterocycles. The molecule has 25 heavy (non-hydrogen) atoms. The predicted molar refractivity (Wildman–Crippen MR) is 92.8 cm³/mol. The zero-order valence-electron chi connectivity index (χ0n) is 14.6. The van der Waals surface area contributed by atoms with Gasteiger partial charge in [0.25, 0.3) is 0 Å². The van der Waals surface area contributed by atoms with Crippen molar-refractivity contribution in [1.29, 1.82) is 0 Å². The van der Waals surface area contributed by atoms with Crippen molar-refractivity contribution < 1.29 is 22.7 Å². The molecule has 1 aromatic carbocycles. The van der Waals surface area contributed by atoms with E-state index in [1.807, 2.05) is 0 Å². The second-order valence-corrected chi connectivity index (χ2v) is 7.69. The van der Waals surface area contributed by atoms with Gasteiger partial charge in [-0.25, -0.2) is 13.2 Å². The van der Waals surface area contributed by atoms with Crippen LogP contribution in [0.2, 0.25) is 0 Å². The molecule has 0 spiro atoms. The summed E-state index contributed by atoms with van der Waals surface area (Å²) in [6.45, 7) is 6.17. The second kappa shape index (κ2) is 7.83. The van der Waals surface area contributed by atoms with Gasteiger partial charge in [0, 0.05) is 38.8 Å². The third-order valence-electron chi connectivity index (χ3n) is 3.91. The maximum Gasteiger partial charge on any atom is 0.409 e. The fourth-order valence-corrected chi connectivity index (χ4v) is 4.11. The van der Waals surface area contributed by atoms with Crippen LogP contribution in [0.4, 0.5) is 10.5 Å². The van der Waals surface area contributed by atoms with E-state index in [0.29, 0.717) is 24.3 Å². The number of nitrogens with one attached hydrogen (secondary N) is 1. The lowest BCUT2D eigenvalue weighted by molar-refractivity contribution is -0.114. The van der Waals surface area contributed by atoms with Crippen LogP contribution >= 0.6 is 0 Å². The van der Waals surface area contributed by atoms with Crippen LogP contribution in [0, 0.1) is 6.92 Å². The van der Waals surface area contributed by atoms with Gasteiger partial charge in [-0.3, -0.25) is 4.79 Å². The van der Waals surface area contributed by atoms with Crippen molar-refractivity contribution in [2.24, 2.45) is 0 Å². The maximum absolute atomic E-state index is 12.8. The highest BCUT2D eigenvalue weighted by atomic mass is 32.2. The molecule has 0 aromatic heterocycles. The highest BCUT2D eigenvalue weighted by molar-refractivity contribution is 7.89. The topological polar surface area (TPSA) is 96.0 Å². The number of hydrogen-bond acceptors (Lipinski definition) is 5. The number of anilines is 1. The first-order valence-corrected chi connectivity index (χ1v) is 9.49. The molecule has 1 saturated heterocycles. The zero-order valence-corrected chi connectivity index (χ0v) is 15.4. The van der Waals surface area contributed by atoms with Gasteiger partial charge < -0.3 is 15.0 Å². The molecular weight excluding hydrogens is 346 g/mol. The molecule has 9 heteroatoms. The van der Waals surface area contributed by atoms with E-state index in [9.17, 15) is 18.0 Å². The van der Waals surface area contributed by atoms with Crippen LogP contribution in [0.5, 0.6) is 0 Å². The summed E-state index contributed by atoms with van der Waals surface area (Å²) in [5.74, 6) is -0.214. The number of hydrogen-bond donors (Lipinski definition) is 1. The molecular formula is C16H23N3O5S. The number of sulfonamides is 1. The molecule has 1 aliphatic rings. The normalized spacial score (nSPS) is 15.7. The number of carbonyl (C=O) groups is 2. The lowest BCUT2D eigenvalue weighted by atomic mass is 10.2. The van der Waals surface area contributed by atoms with Crippen LogP contribution in [0.1, 0.15) is 19.4 Å². The molecule has 0 aliphatic carbocycles. The first-order valence-electron chi connectivity index (χ1n) is 8.05. The Kier molecular flexibility index (Phi) is 6.02. The molecule has 2 amide bonds. The number of carbonyl (C=O) groups excluding carboxylic acids is 2. The predicted octanol–water partition coefficient (Wildman–Crippen LogP) is 1.42. The summed E-state index contributed by atoms with van der Waals surface area (Å²) in [6.07, 6.45) is -0.421. The van der Waals surface area contributed by atoms with E-state index < -0.39 is 16.1 Å². The van der Waals surface area contributed by atoms with Gasteiger partial charge in [0.1, 0.15) is 0 Å². The summed E-state index contributed by atoms with van der Waals surface area (Å²) in [7, 11) is -3.65. The third kappa shape index (κ3) is 4.49. The largest absolute Gasteiger partial charge is 0.450 e. The molecule has 1 aromatic rings. The minimum atomic E-state index is -3.65. The Hall–Kier alpha value is -2.13. The van der Waals surface area contributed by atoms with Crippen molar-refractivity contribution in [3.05, 3.63) is 23.8 Å². The average Bonchev–Trinajstić information content (AvgIpc) is 2.56. The summed E-state index contributed by atoms with van der Waals surface area (Å²) in [6, 6.07) is 4.60. The minimum absolute atomic E-state index is 0.170. The van der Waals surface area contributed by atoms with Crippen LogP contribution in [0.3, 0.4) is 0 Å². The van der Waals surface area contributed by atoms with Gasteiger partial charge in [-0.1, -0.05) is 0 Å². The van der Waals surface area contributed by atoms with E-state index in [0.717, 1.165) is 0 Å². The number of amides is 2. The van der Waals surface area contributed by atoms with Crippen LogP contribution in [0.25, 0.3) is 0 Å². The van der Waals surface area contributed by atoms with Crippen LogP contribution in [-0.4, -0.2) is 62.4 Å². The van der Waals surface area contributed by atoms with E-state index in [1.165, 1.54) is 22.2 Å². The fourth-order valence-electron chi connectivity index (χ4n) is 2.60. The standard InChI is InChI=1S/C16H23N3O5S/c1-4-24-16(21)18-7-9-19(10-8-18)25(22,23)14-5-6-15(12(2)11-14)17-13(3)20/h5-6,11H,4,7-10H2,1-3H3,(H,17,20). The van der Waals surface area contributed by atoms with Crippen molar-refractivity contribution in [3.63, 3.8) is 0 Å². The van der Waals surface area contributed by atoms with Crippen molar-refractivity contribution in [2.45, 2.75) is 25.7 Å². The van der Waals surface area contributed by atoms with E-state index in [4.69, 9.17) is 4.74 Å². The van der Waals surface area contributed by atoms with Gasteiger partial charge in [0.05, 0.1) is 11.5 Å². The average molecular weight is 369 g/mol. The molecule has 0 bridgehead atoms. The number of aryl methyl sites for hydroxylation is 1. The molecule has 0 saturated carbocycles. The van der Waals surface area contributed by atoms with Gasteiger partial charge in [-0.2, -0.15) is 4.31 Å². The number of benzene rings is 1. The van der Waals surface area contributed by atoms with Crippen molar-refractivity contribution in [2.75, 3.05) is 38.1 Å². The van der Waals surface area contributed by atoms with Gasteiger partial charge in [0.2, 0.25) is 15.9 Å². The molecule has 1 fully saturated rings. The highest BCUT2D eigenvalue weighted by Gasteiger charge is 2.30. The van der Waals surface area contributed by atoms with Crippen LogP contribution < -0.4 is 5.32 Å². The summed E-state index contributed by atoms with van der Waals surface area (Å²) < 4.78 is 31.8. The van der Waals surface area contributed by atoms with Crippen LogP contribution in [0.15, 0.2) is 23.1 Å². The Morgan fingerprint density at radius 3 is 2.36 bits per heavy atom. The zero-order chi connectivity index (χ0) is 18.6. The molecule has 0 unspecified atom stereocenters. The smallest absolute Gasteiger partial charge is 0.409 e. The Bertz CT molecular complexity index is 755. The maximum atomic E-state index is 12.8. The number of rotatable bonds is 4. The first-order chi connectivity index (χ1) is 11.8. The van der Waals surface area contributed by atoms with E-state index >= 15 is 0 Å². The summed E-state index contributed by atoms with van der Waals surface area (Å²) >= 11 is 0. The monoisotopic (exact) mass is 369 g/mol. The minimum Gasteiger partial charge on any atom is -0.450 e. The Morgan fingerprint density at radius 1 is 1.20 bits per heavy atom. The quantitative estimate of drug-likeness (QED) is 0.866. The van der Waals surface area contributed by atoms with E-state index in [1.54, 1.807) is 26.0 Å². The molecule has 2 rings (SSSR count). The second-order valence-electron chi connectivity index (χ2n) is 5.75. The summed E-state index contributed by atoms with van der Waals surface area (Å²) in [5.41, 5.74) is 1.25. The molecule has 8 nitrogen and oxygen atoms in total. The van der Waals surface area contributed by atoms with Crippen molar-refractivity contribution in [3.8, 4) is 0 Å². The summed E-state index contributed by atoms with van der Waals surface area (Å²) in [4.78, 5) is 24.5. The molecule has 1 N–H and O–H groups in total. The van der Waals surface area contributed by atoms with Crippen LogP contribution in [-0.2, 0) is 19.6 Å². The van der Waals surface area contributed by atoms with Gasteiger partial charge in [0.15, 0.2) is 0 Å². The molecule has 0 atom stereocenters. The van der Waals surface area contributed by atoms with Gasteiger partial charge in [-0.05, 0) is 37.6 Å². The lowest BCUT2D eigenvalue weighted by Gasteiger charge is -2.33. The van der Waals surface area contributed by atoms with Gasteiger partial charge >= 0.3 is 6.09 Å². The van der Waals surface area contributed by atoms with Crippen molar-refractivity contribution >= 4 is 27.7 Å². The molecule has 0 radical (unpaired) electrons. The fraction of sp³-hybridized carbons (Fsp3) is 0.500. The number of ether oxygens (including phenoxy) is 1. The Balaban J connectivity index is 2.11. The number of nitrogens with zero attached hydrogens (tertiary/aromatic N) is 2.